The molecule has 0 bridgehead atoms. The summed E-state index contributed by atoms with van der Waals surface area (Å²) in [6.07, 6.45) is 1.67. The number of carbonyl (C=O) groups is 2. The van der Waals surface area contributed by atoms with Gasteiger partial charge in [0, 0.05) is 37.8 Å². The number of allylic oxidation sites excluding steroid dienone is 1. The quantitative estimate of drug-likeness (QED) is 0.144. The van der Waals surface area contributed by atoms with E-state index in [1.807, 2.05) is 36.4 Å². The van der Waals surface area contributed by atoms with Crippen LogP contribution in [0.2, 0.25) is 0 Å². The van der Waals surface area contributed by atoms with Gasteiger partial charge in [-0.3, -0.25) is 9.59 Å². The average molecular weight is 635 g/mol. The summed E-state index contributed by atoms with van der Waals surface area (Å²) in [6.45, 7) is 4.17. The molecule has 2 heterocycles. The fourth-order valence-electron chi connectivity index (χ4n) is 6.78. The zero-order valence-corrected chi connectivity index (χ0v) is 26.1. The van der Waals surface area contributed by atoms with Gasteiger partial charge < -0.3 is 4.90 Å². The largest absolute Gasteiger partial charge is 0.301 e. The van der Waals surface area contributed by atoms with E-state index >= 15 is 8.78 Å². The number of anilines is 3. The smallest absolute Gasteiger partial charge is 0.197 e. The highest BCUT2D eigenvalue weighted by atomic mass is 32.1. The van der Waals surface area contributed by atoms with Crippen molar-refractivity contribution in [1.29, 1.82) is 5.26 Å². The Morgan fingerprint density at radius 2 is 1.38 bits per heavy atom. The number of rotatable bonds is 3. The molecular weight excluding hydrogens is 611 g/mol. The van der Waals surface area contributed by atoms with Gasteiger partial charge in [0.25, 0.3) is 0 Å². The van der Waals surface area contributed by atoms with E-state index in [-0.39, 0.29) is 23.0 Å². The predicted molar refractivity (Wildman–Crippen MR) is 182 cm³/mol. The van der Waals surface area contributed by atoms with Crippen LogP contribution in [0.5, 0.6) is 0 Å². The third-order valence-electron chi connectivity index (χ3n) is 9.21. The summed E-state index contributed by atoms with van der Waals surface area (Å²) in [6, 6.07) is 31.5. The Kier molecular flexibility index (Phi) is 6.37. The summed E-state index contributed by atoms with van der Waals surface area (Å²) >= 11 is 1.45. The number of fused-ring (bicyclic) bond motifs is 4. The van der Waals surface area contributed by atoms with Crippen molar-refractivity contribution in [3.8, 4) is 17.2 Å². The summed E-state index contributed by atoms with van der Waals surface area (Å²) in [4.78, 5) is 29.4. The molecule has 226 valence electrons. The number of benzene rings is 5. The second-order valence-electron chi connectivity index (χ2n) is 12.2. The standard InChI is InChI=1S/C40H24F2N2O2S/c1-40(2)31-18-23(29-17-22(21-43)11-13-34(29)42)12-15-36(31)44(35-16-14-33(41)25-7-3-4-8-26(25)35)39-32(40)20-24(47-39)19-30-37(45)27-9-5-6-10-28(27)38(30)46/h3-20H,1-2H3. The number of carbonyl (C=O) groups excluding carboxylic acids is 2. The molecule has 1 aliphatic heterocycles. The highest BCUT2D eigenvalue weighted by molar-refractivity contribution is 7.17. The van der Waals surface area contributed by atoms with Crippen LogP contribution >= 0.6 is 11.3 Å². The van der Waals surface area contributed by atoms with Crippen LogP contribution in [0.1, 0.15) is 56.1 Å². The highest BCUT2D eigenvalue weighted by Gasteiger charge is 2.40. The van der Waals surface area contributed by atoms with E-state index in [1.165, 1.54) is 29.5 Å². The van der Waals surface area contributed by atoms with E-state index in [4.69, 9.17) is 0 Å². The van der Waals surface area contributed by atoms with E-state index in [0.717, 1.165) is 32.4 Å². The fourth-order valence-corrected chi connectivity index (χ4v) is 8.07. The van der Waals surface area contributed by atoms with Crippen molar-refractivity contribution >= 4 is 56.1 Å². The van der Waals surface area contributed by atoms with Crippen LogP contribution in [0, 0.1) is 23.0 Å². The lowest BCUT2D eigenvalue weighted by Gasteiger charge is -2.40. The lowest BCUT2D eigenvalue weighted by molar-refractivity contribution is 0.0990. The third kappa shape index (κ3) is 4.29. The molecule has 0 radical (unpaired) electrons. The summed E-state index contributed by atoms with van der Waals surface area (Å²) in [5.41, 5.74) is 5.04. The SMILES string of the molecule is CC1(C)c2cc(-c3cc(C#N)ccc3F)ccc2N(c2ccc(F)c3ccccc23)c2sc(C=C3C(=O)c4ccccc4C3=O)cc21. The molecule has 0 spiro atoms. The second kappa shape index (κ2) is 10.4. The summed E-state index contributed by atoms with van der Waals surface area (Å²) in [7, 11) is 0. The number of nitriles is 1. The average Bonchev–Trinajstić information content (AvgIpc) is 3.62. The molecule has 2 aliphatic rings. The molecule has 0 N–H and O–H groups in total. The summed E-state index contributed by atoms with van der Waals surface area (Å²) in [5.74, 6) is -1.37. The Morgan fingerprint density at radius 3 is 2.11 bits per heavy atom. The van der Waals surface area contributed by atoms with E-state index < -0.39 is 11.2 Å². The molecule has 47 heavy (non-hydrogen) atoms. The van der Waals surface area contributed by atoms with Gasteiger partial charge in [0.1, 0.15) is 16.6 Å². The predicted octanol–water partition coefficient (Wildman–Crippen LogP) is 10.3. The summed E-state index contributed by atoms with van der Waals surface area (Å²) in [5, 5.41) is 11.5. The van der Waals surface area contributed by atoms with Gasteiger partial charge in [-0.1, -0.05) is 68.4 Å². The number of halogens is 2. The van der Waals surface area contributed by atoms with Crippen molar-refractivity contribution in [3.63, 3.8) is 0 Å². The van der Waals surface area contributed by atoms with Crippen molar-refractivity contribution in [2.45, 2.75) is 19.3 Å². The molecule has 6 aromatic rings. The lowest BCUT2D eigenvalue weighted by atomic mass is 9.74. The summed E-state index contributed by atoms with van der Waals surface area (Å²) < 4.78 is 30.2. The van der Waals surface area contributed by atoms with Crippen LogP contribution in [0.3, 0.4) is 0 Å². The Hall–Kier alpha value is -5.71. The molecule has 7 heteroatoms. The fraction of sp³-hybridized carbons (Fsp3) is 0.0750. The van der Waals surface area contributed by atoms with Gasteiger partial charge in [-0.25, -0.2) is 8.78 Å². The molecule has 8 rings (SSSR count). The minimum Gasteiger partial charge on any atom is -0.301 e. The van der Waals surface area contributed by atoms with Crippen LogP contribution in [0.25, 0.3) is 28.0 Å². The minimum absolute atomic E-state index is 0.119. The molecule has 4 nitrogen and oxygen atoms in total. The Labute approximate surface area is 273 Å². The van der Waals surface area contributed by atoms with Gasteiger partial charge in [0.05, 0.1) is 28.6 Å². The molecular formula is C40H24F2N2O2S. The van der Waals surface area contributed by atoms with Gasteiger partial charge in [-0.05, 0) is 71.3 Å². The highest BCUT2D eigenvalue weighted by Crippen LogP contribution is 2.57. The van der Waals surface area contributed by atoms with Crippen molar-refractivity contribution < 1.29 is 18.4 Å². The first-order valence-corrected chi connectivity index (χ1v) is 15.9. The van der Waals surface area contributed by atoms with E-state index in [2.05, 4.69) is 24.8 Å². The molecule has 0 atom stereocenters. The van der Waals surface area contributed by atoms with Crippen LogP contribution in [0.15, 0.2) is 109 Å². The lowest BCUT2D eigenvalue weighted by Crippen LogP contribution is -2.29. The van der Waals surface area contributed by atoms with Crippen molar-refractivity contribution in [1.82, 2.24) is 0 Å². The Morgan fingerprint density at radius 1 is 0.723 bits per heavy atom. The van der Waals surface area contributed by atoms with Crippen LogP contribution in [-0.2, 0) is 5.41 Å². The van der Waals surface area contributed by atoms with Gasteiger partial charge >= 0.3 is 0 Å². The zero-order valence-electron chi connectivity index (χ0n) is 25.3. The number of hydrogen-bond donors (Lipinski definition) is 0. The monoisotopic (exact) mass is 634 g/mol. The van der Waals surface area contributed by atoms with Crippen molar-refractivity contribution in [3.05, 3.63) is 153 Å². The number of Topliss-reactive ketones (excluding diaryl/α,β-unsaturated/α-hetero) is 2. The maximum absolute atomic E-state index is 15.2. The molecule has 0 amide bonds. The van der Waals surface area contributed by atoms with E-state index in [1.54, 1.807) is 54.6 Å². The first kappa shape index (κ1) is 28.7. The van der Waals surface area contributed by atoms with Gasteiger partial charge in [-0.2, -0.15) is 5.26 Å². The van der Waals surface area contributed by atoms with Gasteiger partial charge in [0.15, 0.2) is 11.6 Å². The van der Waals surface area contributed by atoms with Gasteiger partial charge in [-0.15, -0.1) is 11.3 Å². The Balaban J connectivity index is 1.36. The molecule has 1 aliphatic carbocycles. The number of ketones is 2. The maximum atomic E-state index is 15.2. The third-order valence-corrected chi connectivity index (χ3v) is 10.3. The van der Waals surface area contributed by atoms with E-state index in [9.17, 15) is 14.9 Å². The molecule has 5 aromatic carbocycles. The van der Waals surface area contributed by atoms with Crippen LogP contribution in [0.4, 0.5) is 25.2 Å². The number of nitrogens with zero attached hydrogens (tertiary/aromatic N) is 2. The molecule has 1 aromatic heterocycles. The maximum Gasteiger partial charge on any atom is 0.197 e. The normalized spacial score (nSPS) is 14.5. The molecule has 0 unspecified atom stereocenters. The second-order valence-corrected chi connectivity index (χ2v) is 13.3. The molecule has 0 saturated heterocycles. The van der Waals surface area contributed by atoms with Crippen molar-refractivity contribution in [2.75, 3.05) is 4.90 Å². The first-order chi connectivity index (χ1) is 22.7. The molecule has 0 saturated carbocycles. The number of hydrogen-bond acceptors (Lipinski definition) is 5. The Bertz CT molecular complexity index is 2390. The number of thiophene rings is 1. The molecule has 0 fully saturated rings. The van der Waals surface area contributed by atoms with E-state index in [0.29, 0.717) is 38.6 Å². The van der Waals surface area contributed by atoms with Gasteiger partial charge in [0.2, 0.25) is 0 Å². The zero-order chi connectivity index (χ0) is 32.6. The van der Waals surface area contributed by atoms with Crippen molar-refractivity contribution in [2.24, 2.45) is 0 Å². The van der Waals surface area contributed by atoms with Crippen LogP contribution < -0.4 is 4.90 Å². The topological polar surface area (TPSA) is 61.2 Å². The van der Waals surface area contributed by atoms with Crippen LogP contribution in [-0.4, -0.2) is 11.6 Å². The minimum atomic E-state index is -0.601. The first-order valence-electron chi connectivity index (χ1n) is 15.0.